The van der Waals surface area contributed by atoms with E-state index in [0.29, 0.717) is 27.2 Å². The molecular formula is C12H8Cl2INO. The summed E-state index contributed by atoms with van der Waals surface area (Å²) in [6.07, 6.45) is 0. The molecule has 88 valence electrons. The van der Waals surface area contributed by atoms with Gasteiger partial charge in [-0.25, -0.2) is 0 Å². The van der Waals surface area contributed by atoms with Gasteiger partial charge < -0.3 is 10.5 Å². The normalized spacial score (nSPS) is 10.3. The number of hydrogen-bond donors (Lipinski definition) is 1. The molecule has 0 spiro atoms. The Hall–Kier alpha value is -0.650. The van der Waals surface area contributed by atoms with Gasteiger partial charge in [-0.2, -0.15) is 0 Å². The van der Waals surface area contributed by atoms with Crippen LogP contribution < -0.4 is 10.5 Å². The molecule has 0 aromatic heterocycles. The lowest BCUT2D eigenvalue weighted by Gasteiger charge is -2.09. The van der Waals surface area contributed by atoms with Gasteiger partial charge in [-0.05, 0) is 59.0 Å². The smallest absolute Gasteiger partial charge is 0.150 e. The molecule has 0 aliphatic carbocycles. The number of benzene rings is 2. The average Bonchev–Trinajstić information content (AvgIpc) is 2.21. The maximum absolute atomic E-state index is 5.88. The van der Waals surface area contributed by atoms with E-state index in [1.54, 1.807) is 18.2 Å². The summed E-state index contributed by atoms with van der Waals surface area (Å²) in [6.45, 7) is 0. The first-order chi connectivity index (χ1) is 8.04. The van der Waals surface area contributed by atoms with Crippen molar-refractivity contribution in [3.63, 3.8) is 0 Å². The van der Waals surface area contributed by atoms with Crippen LogP contribution in [0.2, 0.25) is 10.0 Å². The molecule has 2 aromatic rings. The Kier molecular flexibility index (Phi) is 4.01. The molecule has 5 heteroatoms. The Morgan fingerprint density at radius 1 is 1.00 bits per heavy atom. The molecule has 2 aromatic carbocycles. The van der Waals surface area contributed by atoms with Gasteiger partial charge in [0.1, 0.15) is 11.5 Å². The second kappa shape index (κ2) is 5.33. The first-order valence-electron chi connectivity index (χ1n) is 4.73. The molecule has 0 atom stereocenters. The highest BCUT2D eigenvalue weighted by molar-refractivity contribution is 14.1. The molecule has 0 aliphatic rings. The lowest BCUT2D eigenvalue weighted by molar-refractivity contribution is 0.485. The Morgan fingerprint density at radius 3 is 2.24 bits per heavy atom. The highest BCUT2D eigenvalue weighted by Crippen LogP contribution is 2.31. The molecule has 0 bridgehead atoms. The molecule has 0 amide bonds. The second-order valence-corrected chi connectivity index (χ2v) is 5.51. The molecule has 2 rings (SSSR count). The van der Waals surface area contributed by atoms with Gasteiger partial charge in [0.2, 0.25) is 0 Å². The molecule has 0 saturated carbocycles. The van der Waals surface area contributed by atoms with E-state index in [1.165, 1.54) is 0 Å². The van der Waals surface area contributed by atoms with Crippen LogP contribution in [-0.4, -0.2) is 0 Å². The van der Waals surface area contributed by atoms with Crippen molar-refractivity contribution >= 4 is 51.5 Å². The van der Waals surface area contributed by atoms with Crippen LogP contribution in [-0.2, 0) is 0 Å². The van der Waals surface area contributed by atoms with E-state index < -0.39 is 0 Å². The van der Waals surface area contributed by atoms with E-state index in [0.717, 1.165) is 3.57 Å². The summed E-state index contributed by atoms with van der Waals surface area (Å²) < 4.78 is 6.68. The van der Waals surface area contributed by atoms with Gasteiger partial charge in [-0.1, -0.05) is 23.2 Å². The van der Waals surface area contributed by atoms with Crippen LogP contribution in [0.3, 0.4) is 0 Å². The Morgan fingerprint density at radius 2 is 1.65 bits per heavy atom. The van der Waals surface area contributed by atoms with Crippen LogP contribution in [0.15, 0.2) is 36.4 Å². The minimum atomic E-state index is 0.525. The summed E-state index contributed by atoms with van der Waals surface area (Å²) in [5.41, 5.74) is 6.43. The molecule has 2 nitrogen and oxygen atoms in total. The van der Waals surface area contributed by atoms with Crippen molar-refractivity contribution in [2.24, 2.45) is 0 Å². The van der Waals surface area contributed by atoms with Crippen molar-refractivity contribution in [1.29, 1.82) is 0 Å². The number of hydrogen-bond acceptors (Lipinski definition) is 2. The number of nitrogen functional groups attached to an aromatic ring is 1. The van der Waals surface area contributed by atoms with Crippen LogP contribution in [0, 0.1) is 3.57 Å². The van der Waals surface area contributed by atoms with E-state index in [9.17, 15) is 0 Å². The third-order valence-corrected chi connectivity index (χ3v) is 3.14. The second-order valence-electron chi connectivity index (χ2n) is 3.39. The third-order valence-electron chi connectivity index (χ3n) is 2.04. The van der Waals surface area contributed by atoms with Crippen LogP contribution in [0.4, 0.5) is 5.69 Å². The highest BCUT2D eigenvalue weighted by atomic mass is 127. The number of anilines is 1. The molecular weight excluding hydrogens is 372 g/mol. The molecule has 0 saturated heterocycles. The summed E-state index contributed by atoms with van der Waals surface area (Å²) in [5.74, 6) is 1.15. The molecule has 0 unspecified atom stereocenters. The van der Waals surface area contributed by atoms with Crippen molar-refractivity contribution in [2.45, 2.75) is 0 Å². The lowest BCUT2D eigenvalue weighted by atomic mass is 10.3. The summed E-state index contributed by atoms with van der Waals surface area (Å²) in [5, 5.41) is 1.05. The molecule has 17 heavy (non-hydrogen) atoms. The van der Waals surface area contributed by atoms with Crippen molar-refractivity contribution in [3.05, 3.63) is 50.0 Å². The minimum Gasteiger partial charge on any atom is -0.455 e. The van der Waals surface area contributed by atoms with E-state index >= 15 is 0 Å². The zero-order valence-electron chi connectivity index (χ0n) is 8.58. The minimum absolute atomic E-state index is 0.525. The van der Waals surface area contributed by atoms with Crippen molar-refractivity contribution < 1.29 is 4.74 Å². The summed E-state index contributed by atoms with van der Waals surface area (Å²) in [4.78, 5) is 0. The standard InChI is InChI=1S/C12H8Cl2INO/c13-7-3-8(14)5-10(4-7)17-12-2-1-9(15)6-11(12)16/h1-6H,16H2. The maximum atomic E-state index is 5.88. The molecule has 2 N–H and O–H groups in total. The van der Waals surface area contributed by atoms with E-state index in [2.05, 4.69) is 22.6 Å². The molecule has 0 fully saturated rings. The molecule has 0 heterocycles. The van der Waals surface area contributed by atoms with Gasteiger partial charge in [-0.3, -0.25) is 0 Å². The fraction of sp³-hybridized carbons (Fsp3) is 0. The molecule has 0 radical (unpaired) electrons. The highest BCUT2D eigenvalue weighted by Gasteiger charge is 2.04. The van der Waals surface area contributed by atoms with Gasteiger partial charge in [-0.15, -0.1) is 0 Å². The zero-order chi connectivity index (χ0) is 12.4. The first kappa shape index (κ1) is 12.8. The van der Waals surface area contributed by atoms with Crippen LogP contribution >= 0.6 is 45.8 Å². The monoisotopic (exact) mass is 379 g/mol. The Balaban J connectivity index is 2.31. The van der Waals surface area contributed by atoms with Gasteiger partial charge in [0, 0.05) is 13.6 Å². The number of ether oxygens (including phenoxy) is 1. The average molecular weight is 380 g/mol. The largest absolute Gasteiger partial charge is 0.455 e. The third kappa shape index (κ3) is 3.40. The lowest BCUT2D eigenvalue weighted by Crippen LogP contribution is -1.92. The fourth-order valence-corrected chi connectivity index (χ4v) is 2.35. The van der Waals surface area contributed by atoms with E-state index in [-0.39, 0.29) is 0 Å². The van der Waals surface area contributed by atoms with Gasteiger partial charge in [0.05, 0.1) is 5.69 Å². The van der Waals surface area contributed by atoms with Gasteiger partial charge in [0.15, 0.2) is 0 Å². The summed E-state index contributed by atoms with van der Waals surface area (Å²) in [7, 11) is 0. The topological polar surface area (TPSA) is 35.2 Å². The van der Waals surface area contributed by atoms with Crippen LogP contribution in [0.5, 0.6) is 11.5 Å². The van der Waals surface area contributed by atoms with Crippen LogP contribution in [0.1, 0.15) is 0 Å². The Bertz CT molecular complexity index is 540. The SMILES string of the molecule is Nc1cc(I)ccc1Oc1cc(Cl)cc(Cl)c1. The predicted molar refractivity (Wildman–Crippen MR) is 80.1 cm³/mol. The fourth-order valence-electron chi connectivity index (χ4n) is 1.33. The summed E-state index contributed by atoms with van der Waals surface area (Å²) in [6, 6.07) is 10.6. The van der Waals surface area contributed by atoms with Gasteiger partial charge >= 0.3 is 0 Å². The van der Waals surface area contributed by atoms with Crippen molar-refractivity contribution in [3.8, 4) is 11.5 Å². The maximum Gasteiger partial charge on any atom is 0.150 e. The quantitative estimate of drug-likeness (QED) is 0.590. The van der Waals surface area contributed by atoms with Gasteiger partial charge in [0.25, 0.3) is 0 Å². The number of rotatable bonds is 2. The predicted octanol–water partition coefficient (Wildman–Crippen LogP) is 4.97. The van der Waals surface area contributed by atoms with E-state index in [1.807, 2.05) is 18.2 Å². The van der Waals surface area contributed by atoms with Crippen LogP contribution in [0.25, 0.3) is 0 Å². The summed E-state index contributed by atoms with van der Waals surface area (Å²) >= 11 is 14.0. The molecule has 0 aliphatic heterocycles. The van der Waals surface area contributed by atoms with Crippen molar-refractivity contribution in [2.75, 3.05) is 5.73 Å². The first-order valence-corrected chi connectivity index (χ1v) is 6.57. The van der Waals surface area contributed by atoms with Crippen molar-refractivity contribution in [1.82, 2.24) is 0 Å². The number of nitrogens with two attached hydrogens (primary N) is 1. The van der Waals surface area contributed by atoms with E-state index in [4.69, 9.17) is 33.7 Å². The number of halogens is 3. The Labute approximate surface area is 123 Å². The zero-order valence-corrected chi connectivity index (χ0v) is 12.3.